The fourth-order valence-corrected chi connectivity index (χ4v) is 2.90. The van der Waals surface area contributed by atoms with Gasteiger partial charge in [-0.15, -0.1) is 0 Å². The summed E-state index contributed by atoms with van der Waals surface area (Å²) < 4.78 is 10.3. The number of aliphatic hydroxyl groups excluding tert-OH is 2. The normalized spacial score (nSPS) is 25.3. The summed E-state index contributed by atoms with van der Waals surface area (Å²) in [5, 5.41) is 19.5. The van der Waals surface area contributed by atoms with Crippen molar-refractivity contribution in [1.82, 2.24) is 4.90 Å². The number of nitrogens with zero attached hydrogens (tertiary/aromatic N) is 1. The molecule has 8 nitrogen and oxygen atoms in total. The number of ketones is 1. The van der Waals surface area contributed by atoms with Crippen LogP contribution in [0, 0.1) is 5.92 Å². The first-order valence-electron chi connectivity index (χ1n) is 7.92. The summed E-state index contributed by atoms with van der Waals surface area (Å²) in [5.74, 6) is -1.24. The molecule has 1 saturated heterocycles. The van der Waals surface area contributed by atoms with Crippen LogP contribution in [0.25, 0.3) is 0 Å². The number of Topliss-reactive ketones (excluding diaryl/α,β-unsaturated/α-hetero) is 1. The average Bonchev–Trinajstić information content (AvgIpc) is 2.82. The number of aliphatic hydroxyl groups is 2. The minimum atomic E-state index is -1.28. The Morgan fingerprint density at radius 3 is 2.25 bits per heavy atom. The van der Waals surface area contributed by atoms with Crippen LogP contribution in [0.5, 0.6) is 0 Å². The van der Waals surface area contributed by atoms with E-state index in [0.29, 0.717) is 0 Å². The number of carbonyl (C=O) groups excluding carboxylic acids is 3. The number of hydrogen-bond donors (Lipinski definition) is 2. The molecule has 1 aliphatic rings. The molecule has 24 heavy (non-hydrogen) atoms. The van der Waals surface area contributed by atoms with Crippen molar-refractivity contribution < 1.29 is 34.1 Å². The first-order chi connectivity index (χ1) is 11.0. The Hall–Kier alpha value is -1.67. The SMILES string of the molecule is CC(=O)OCC1CC(C(C)=O)N(C(=O)OC(C)(C)C)C1C(O)CO. The third-order valence-corrected chi connectivity index (χ3v) is 3.82. The van der Waals surface area contributed by atoms with Crippen molar-refractivity contribution in [3.8, 4) is 0 Å². The Labute approximate surface area is 141 Å². The fraction of sp³-hybridized carbons (Fsp3) is 0.812. The first kappa shape index (κ1) is 20.4. The van der Waals surface area contributed by atoms with Crippen molar-refractivity contribution in [3.05, 3.63) is 0 Å². The Morgan fingerprint density at radius 1 is 1.25 bits per heavy atom. The maximum atomic E-state index is 12.5. The molecule has 0 aromatic rings. The van der Waals surface area contributed by atoms with Gasteiger partial charge in [0.1, 0.15) is 5.60 Å². The highest BCUT2D eigenvalue weighted by molar-refractivity contribution is 5.86. The van der Waals surface area contributed by atoms with Gasteiger partial charge in [-0.25, -0.2) is 4.79 Å². The lowest BCUT2D eigenvalue weighted by Gasteiger charge is -2.34. The Bertz CT molecular complexity index is 485. The van der Waals surface area contributed by atoms with Gasteiger partial charge in [0, 0.05) is 12.8 Å². The predicted octanol–water partition coefficient (Wildman–Crippen LogP) is 0.486. The second-order valence-corrected chi connectivity index (χ2v) is 7.05. The molecule has 8 heteroatoms. The Balaban J connectivity index is 3.12. The molecule has 138 valence electrons. The Kier molecular flexibility index (Phi) is 6.74. The van der Waals surface area contributed by atoms with Gasteiger partial charge in [-0.3, -0.25) is 14.5 Å². The number of carbonyl (C=O) groups is 3. The second-order valence-electron chi connectivity index (χ2n) is 7.05. The van der Waals surface area contributed by atoms with Crippen LogP contribution in [0.15, 0.2) is 0 Å². The van der Waals surface area contributed by atoms with Crippen molar-refractivity contribution in [2.75, 3.05) is 13.2 Å². The molecule has 0 bridgehead atoms. The lowest BCUT2D eigenvalue weighted by Crippen LogP contribution is -2.53. The van der Waals surface area contributed by atoms with Gasteiger partial charge in [0.15, 0.2) is 5.78 Å². The van der Waals surface area contributed by atoms with Gasteiger partial charge in [-0.2, -0.15) is 0 Å². The summed E-state index contributed by atoms with van der Waals surface area (Å²) in [6.45, 7) is 7.02. The third kappa shape index (κ3) is 5.17. The molecule has 0 radical (unpaired) electrons. The van der Waals surface area contributed by atoms with Gasteiger partial charge in [0.2, 0.25) is 0 Å². The van der Waals surface area contributed by atoms with Crippen LogP contribution >= 0.6 is 0 Å². The minimum absolute atomic E-state index is 0.0554. The summed E-state index contributed by atoms with van der Waals surface area (Å²) in [4.78, 5) is 36.7. The summed E-state index contributed by atoms with van der Waals surface area (Å²) >= 11 is 0. The number of esters is 1. The number of ether oxygens (including phenoxy) is 2. The predicted molar refractivity (Wildman–Crippen MR) is 84.2 cm³/mol. The van der Waals surface area contributed by atoms with E-state index in [9.17, 15) is 24.6 Å². The molecule has 0 aromatic heterocycles. The molecular weight excluding hydrogens is 318 g/mol. The molecular formula is C16H27NO7. The van der Waals surface area contributed by atoms with Crippen LogP contribution in [-0.4, -0.2) is 70.0 Å². The topological polar surface area (TPSA) is 113 Å². The van der Waals surface area contributed by atoms with E-state index >= 15 is 0 Å². The molecule has 4 atom stereocenters. The summed E-state index contributed by atoms with van der Waals surface area (Å²) in [5.41, 5.74) is -0.777. The zero-order valence-corrected chi connectivity index (χ0v) is 14.8. The van der Waals surface area contributed by atoms with Crippen LogP contribution in [0.4, 0.5) is 4.79 Å². The first-order valence-corrected chi connectivity index (χ1v) is 7.92. The van der Waals surface area contributed by atoms with Gasteiger partial charge < -0.3 is 19.7 Å². The van der Waals surface area contributed by atoms with Crippen molar-refractivity contribution in [2.45, 2.75) is 64.8 Å². The molecule has 0 spiro atoms. The molecule has 4 unspecified atom stereocenters. The Morgan fingerprint density at radius 2 is 1.83 bits per heavy atom. The van der Waals surface area contributed by atoms with E-state index < -0.39 is 48.4 Å². The van der Waals surface area contributed by atoms with E-state index in [1.807, 2.05) is 0 Å². The van der Waals surface area contributed by atoms with Crippen molar-refractivity contribution in [1.29, 1.82) is 0 Å². The number of amides is 1. The molecule has 2 N–H and O–H groups in total. The standard InChI is InChI=1S/C16H27NO7/c1-9(19)12-6-11(8-23-10(2)20)14(13(21)7-18)17(12)15(22)24-16(3,4)5/h11-14,18,21H,6-8H2,1-5H3. The monoisotopic (exact) mass is 345 g/mol. The van der Waals surface area contributed by atoms with Crippen molar-refractivity contribution in [2.24, 2.45) is 5.92 Å². The highest BCUT2D eigenvalue weighted by Gasteiger charge is 2.50. The molecule has 0 aliphatic carbocycles. The van der Waals surface area contributed by atoms with E-state index in [1.165, 1.54) is 18.7 Å². The zero-order chi connectivity index (χ0) is 18.7. The summed E-state index contributed by atoms with van der Waals surface area (Å²) in [6, 6.07) is -1.68. The van der Waals surface area contributed by atoms with E-state index in [-0.39, 0.29) is 18.8 Å². The maximum Gasteiger partial charge on any atom is 0.411 e. The van der Waals surface area contributed by atoms with Gasteiger partial charge in [-0.05, 0) is 34.1 Å². The highest BCUT2D eigenvalue weighted by atomic mass is 16.6. The van der Waals surface area contributed by atoms with Crippen molar-refractivity contribution in [3.63, 3.8) is 0 Å². The van der Waals surface area contributed by atoms with E-state index in [2.05, 4.69) is 0 Å². The molecule has 0 saturated carbocycles. The maximum absolute atomic E-state index is 12.5. The average molecular weight is 345 g/mol. The van der Waals surface area contributed by atoms with Crippen LogP contribution in [-0.2, 0) is 19.1 Å². The van der Waals surface area contributed by atoms with Gasteiger partial charge in [-0.1, -0.05) is 0 Å². The molecule has 1 rings (SSSR count). The number of hydrogen-bond acceptors (Lipinski definition) is 7. The van der Waals surface area contributed by atoms with E-state index in [1.54, 1.807) is 20.8 Å². The molecule has 1 aliphatic heterocycles. The summed E-state index contributed by atoms with van der Waals surface area (Å²) in [7, 11) is 0. The quantitative estimate of drug-likeness (QED) is 0.697. The fourth-order valence-electron chi connectivity index (χ4n) is 2.90. The van der Waals surface area contributed by atoms with E-state index in [0.717, 1.165) is 0 Å². The minimum Gasteiger partial charge on any atom is -0.465 e. The van der Waals surface area contributed by atoms with Crippen LogP contribution < -0.4 is 0 Å². The van der Waals surface area contributed by atoms with Crippen LogP contribution in [0.3, 0.4) is 0 Å². The van der Waals surface area contributed by atoms with Gasteiger partial charge in [0.05, 0.1) is 31.4 Å². The van der Waals surface area contributed by atoms with Gasteiger partial charge in [0.25, 0.3) is 0 Å². The second kappa shape index (κ2) is 7.94. The molecule has 1 heterocycles. The number of rotatable bonds is 5. The lowest BCUT2D eigenvalue weighted by atomic mass is 9.95. The highest BCUT2D eigenvalue weighted by Crippen LogP contribution is 2.34. The smallest absolute Gasteiger partial charge is 0.411 e. The van der Waals surface area contributed by atoms with Crippen LogP contribution in [0.2, 0.25) is 0 Å². The van der Waals surface area contributed by atoms with Crippen LogP contribution in [0.1, 0.15) is 41.0 Å². The lowest BCUT2D eigenvalue weighted by molar-refractivity contribution is -0.143. The number of likely N-dealkylation sites (tertiary alicyclic amines) is 1. The molecule has 0 aromatic carbocycles. The van der Waals surface area contributed by atoms with E-state index in [4.69, 9.17) is 9.47 Å². The zero-order valence-electron chi connectivity index (χ0n) is 14.8. The molecule has 1 amide bonds. The largest absolute Gasteiger partial charge is 0.465 e. The van der Waals surface area contributed by atoms with Crippen molar-refractivity contribution >= 4 is 17.8 Å². The summed E-state index contributed by atoms with van der Waals surface area (Å²) in [6.07, 6.45) is -1.79. The van der Waals surface area contributed by atoms with Gasteiger partial charge >= 0.3 is 12.1 Å². The third-order valence-electron chi connectivity index (χ3n) is 3.82. The molecule has 1 fully saturated rings.